The third-order valence-electron chi connectivity index (χ3n) is 5.28. The smallest absolute Gasteiger partial charge is 0.339 e. The summed E-state index contributed by atoms with van der Waals surface area (Å²) >= 11 is 0. The van der Waals surface area contributed by atoms with Crippen molar-refractivity contribution in [2.24, 2.45) is 0 Å². The van der Waals surface area contributed by atoms with E-state index in [0.29, 0.717) is 22.7 Å². The molecule has 3 aromatic rings. The van der Waals surface area contributed by atoms with Crippen LogP contribution in [0.2, 0.25) is 0 Å². The van der Waals surface area contributed by atoms with E-state index in [9.17, 15) is 4.79 Å². The molecule has 0 saturated heterocycles. The van der Waals surface area contributed by atoms with Gasteiger partial charge in [0.05, 0.1) is 5.56 Å². The van der Waals surface area contributed by atoms with E-state index in [2.05, 4.69) is 26.0 Å². The number of nitrogen functional groups attached to an aromatic ring is 1. The molecule has 2 aliphatic rings. The quantitative estimate of drug-likeness (QED) is 0.530. The number of nitrogens with two attached hydrogens (primary N) is 1. The van der Waals surface area contributed by atoms with Gasteiger partial charge < -0.3 is 19.9 Å². The number of carbonyl (C=O) groups excluding carboxylic acids is 1. The van der Waals surface area contributed by atoms with Crippen LogP contribution in [0.5, 0.6) is 11.5 Å². The number of hydrogen-bond donors (Lipinski definition) is 1. The van der Waals surface area contributed by atoms with Crippen LogP contribution >= 0.6 is 0 Å². The average molecular weight is 347 g/mol. The second-order valence-electron chi connectivity index (χ2n) is 6.77. The molecular formula is C21H17NO4. The van der Waals surface area contributed by atoms with Gasteiger partial charge in [-0.1, -0.05) is 12.1 Å². The number of hydrogen-bond acceptors (Lipinski definition) is 5. The summed E-state index contributed by atoms with van der Waals surface area (Å²) < 4.78 is 16.2. The third kappa shape index (κ3) is 1.94. The molecule has 5 heteroatoms. The van der Waals surface area contributed by atoms with Crippen LogP contribution in [0.3, 0.4) is 0 Å². The Morgan fingerprint density at radius 3 is 2.42 bits per heavy atom. The summed E-state index contributed by atoms with van der Waals surface area (Å²) in [7, 11) is 0. The van der Waals surface area contributed by atoms with Crippen LogP contribution < -0.4 is 15.2 Å². The molecule has 5 rings (SSSR count). The lowest BCUT2D eigenvalue weighted by Gasteiger charge is -2.16. The first-order valence-electron chi connectivity index (χ1n) is 8.47. The molecule has 130 valence electrons. The normalized spacial score (nSPS) is 14.6. The molecule has 0 unspecified atom stereocenters. The highest BCUT2D eigenvalue weighted by atomic mass is 16.7. The van der Waals surface area contributed by atoms with Crippen LogP contribution in [0.4, 0.5) is 5.69 Å². The molecule has 0 aromatic heterocycles. The predicted octanol–water partition coefficient (Wildman–Crippen LogP) is 4.10. The fourth-order valence-corrected chi connectivity index (χ4v) is 3.77. The lowest BCUT2D eigenvalue weighted by atomic mass is 9.87. The highest BCUT2D eigenvalue weighted by Crippen LogP contribution is 2.45. The van der Waals surface area contributed by atoms with E-state index in [1.807, 2.05) is 18.2 Å². The number of fused-ring (bicyclic) bond motifs is 3. The number of aryl methyl sites for hydroxylation is 2. The van der Waals surface area contributed by atoms with Crippen molar-refractivity contribution in [1.29, 1.82) is 0 Å². The van der Waals surface area contributed by atoms with Gasteiger partial charge in [-0.25, -0.2) is 4.79 Å². The van der Waals surface area contributed by atoms with Crippen molar-refractivity contribution in [1.82, 2.24) is 0 Å². The number of carbonyl (C=O) groups is 1. The second-order valence-corrected chi connectivity index (χ2v) is 6.77. The van der Waals surface area contributed by atoms with E-state index in [0.717, 1.165) is 38.6 Å². The van der Waals surface area contributed by atoms with Crippen LogP contribution in [0, 0.1) is 13.8 Å². The minimum absolute atomic E-state index is 0.208. The zero-order chi connectivity index (χ0) is 18.0. The number of ether oxygens (including phenoxy) is 3. The highest BCUT2D eigenvalue weighted by Gasteiger charge is 2.31. The van der Waals surface area contributed by atoms with Crippen molar-refractivity contribution in [3.8, 4) is 22.6 Å². The van der Waals surface area contributed by atoms with Crippen molar-refractivity contribution in [3.63, 3.8) is 0 Å². The lowest BCUT2D eigenvalue weighted by molar-refractivity contribution is 0.0536. The molecule has 0 bridgehead atoms. The van der Waals surface area contributed by atoms with Gasteiger partial charge in [0.2, 0.25) is 6.79 Å². The maximum atomic E-state index is 12.5. The van der Waals surface area contributed by atoms with Gasteiger partial charge in [-0.05, 0) is 54.1 Å². The Kier molecular flexibility index (Phi) is 2.98. The van der Waals surface area contributed by atoms with Crippen LogP contribution in [-0.2, 0) is 11.3 Å². The van der Waals surface area contributed by atoms with Gasteiger partial charge in [0.15, 0.2) is 11.5 Å². The Balaban J connectivity index is 1.92. The average Bonchev–Trinajstić information content (AvgIpc) is 3.24. The molecular weight excluding hydrogens is 330 g/mol. The van der Waals surface area contributed by atoms with Gasteiger partial charge in [0.25, 0.3) is 0 Å². The number of anilines is 1. The molecule has 5 nitrogen and oxygen atoms in total. The molecule has 3 aromatic carbocycles. The predicted molar refractivity (Wildman–Crippen MR) is 98.5 cm³/mol. The fourth-order valence-electron chi connectivity index (χ4n) is 3.77. The SMILES string of the molecule is Cc1cc2c(N)c3c(c(-c4ccc5c(c4)OCO5)c2cc1C)C(=O)OC3. The Hall–Kier alpha value is -3.21. The van der Waals surface area contributed by atoms with Crippen LogP contribution in [-0.4, -0.2) is 12.8 Å². The van der Waals surface area contributed by atoms with Crippen molar-refractivity contribution in [3.05, 3.63) is 52.6 Å². The first-order chi connectivity index (χ1) is 12.5. The number of cyclic esters (lactones) is 1. The van der Waals surface area contributed by atoms with E-state index in [1.165, 1.54) is 0 Å². The number of rotatable bonds is 1. The van der Waals surface area contributed by atoms with Crippen molar-refractivity contribution in [2.45, 2.75) is 20.5 Å². The van der Waals surface area contributed by atoms with Crippen molar-refractivity contribution < 1.29 is 19.0 Å². The maximum Gasteiger partial charge on any atom is 0.339 e. The molecule has 0 aliphatic carbocycles. The summed E-state index contributed by atoms with van der Waals surface area (Å²) in [4.78, 5) is 12.5. The lowest BCUT2D eigenvalue weighted by Crippen LogP contribution is -2.03. The first-order valence-corrected chi connectivity index (χ1v) is 8.47. The molecule has 26 heavy (non-hydrogen) atoms. The van der Waals surface area contributed by atoms with E-state index >= 15 is 0 Å². The summed E-state index contributed by atoms with van der Waals surface area (Å²) in [5, 5.41) is 1.89. The van der Waals surface area contributed by atoms with Gasteiger partial charge in [-0.15, -0.1) is 0 Å². The van der Waals surface area contributed by atoms with E-state index < -0.39 is 0 Å². The van der Waals surface area contributed by atoms with Gasteiger partial charge in [0.1, 0.15) is 6.61 Å². The summed E-state index contributed by atoms with van der Waals surface area (Å²) in [6, 6.07) is 9.90. The third-order valence-corrected chi connectivity index (χ3v) is 5.28. The number of benzene rings is 3. The highest BCUT2D eigenvalue weighted by molar-refractivity contribution is 6.15. The summed E-state index contributed by atoms with van der Waals surface area (Å²) in [5.74, 6) is 1.05. The van der Waals surface area contributed by atoms with Gasteiger partial charge >= 0.3 is 5.97 Å². The van der Waals surface area contributed by atoms with E-state index in [-0.39, 0.29) is 19.4 Å². The summed E-state index contributed by atoms with van der Waals surface area (Å²) in [5.41, 5.74) is 12.4. The molecule has 2 aliphatic heterocycles. The fraction of sp³-hybridized carbons (Fsp3) is 0.190. The number of esters is 1. The van der Waals surface area contributed by atoms with Crippen molar-refractivity contribution >= 4 is 22.4 Å². The Morgan fingerprint density at radius 2 is 1.62 bits per heavy atom. The zero-order valence-electron chi connectivity index (χ0n) is 14.5. The Bertz CT molecular complexity index is 1120. The van der Waals surface area contributed by atoms with Gasteiger partial charge in [-0.3, -0.25) is 0 Å². The topological polar surface area (TPSA) is 70.8 Å². The summed E-state index contributed by atoms with van der Waals surface area (Å²) in [6.45, 7) is 4.53. The van der Waals surface area contributed by atoms with Crippen molar-refractivity contribution in [2.75, 3.05) is 12.5 Å². The van der Waals surface area contributed by atoms with E-state index in [4.69, 9.17) is 19.9 Å². The molecule has 0 atom stereocenters. The summed E-state index contributed by atoms with van der Waals surface area (Å²) in [6.07, 6.45) is 0. The van der Waals surface area contributed by atoms with E-state index in [1.54, 1.807) is 0 Å². The first kappa shape index (κ1) is 15.1. The molecule has 2 N–H and O–H groups in total. The molecule has 0 fully saturated rings. The minimum Gasteiger partial charge on any atom is -0.457 e. The molecule has 0 saturated carbocycles. The Morgan fingerprint density at radius 1 is 0.885 bits per heavy atom. The second kappa shape index (κ2) is 5.14. The largest absolute Gasteiger partial charge is 0.457 e. The monoisotopic (exact) mass is 347 g/mol. The van der Waals surface area contributed by atoms with Crippen LogP contribution in [0.15, 0.2) is 30.3 Å². The van der Waals surface area contributed by atoms with Crippen LogP contribution in [0.25, 0.3) is 21.9 Å². The molecule has 0 spiro atoms. The van der Waals surface area contributed by atoms with Crippen LogP contribution in [0.1, 0.15) is 27.0 Å². The maximum absolute atomic E-state index is 12.5. The standard InChI is InChI=1S/C21H17NO4/c1-10-5-13-14(6-11(10)2)20(22)15-8-24-21(23)19(15)18(13)12-3-4-16-17(7-12)26-9-25-16/h3-7H,8-9,22H2,1-2H3. The minimum atomic E-state index is -0.334. The van der Waals surface area contributed by atoms with Gasteiger partial charge in [-0.2, -0.15) is 0 Å². The molecule has 2 heterocycles. The molecule has 0 radical (unpaired) electrons. The Labute approximate surface area is 150 Å². The molecule has 0 amide bonds. The zero-order valence-corrected chi connectivity index (χ0v) is 14.5. The van der Waals surface area contributed by atoms with Gasteiger partial charge in [0, 0.05) is 22.2 Å².